The fourth-order valence-electron chi connectivity index (χ4n) is 1.78. The molecule has 0 atom stereocenters. The van der Waals surface area contributed by atoms with Crippen molar-refractivity contribution in [2.75, 3.05) is 0 Å². The van der Waals surface area contributed by atoms with E-state index in [0.717, 1.165) is 12.8 Å². The first-order chi connectivity index (χ1) is 8.79. The van der Waals surface area contributed by atoms with E-state index < -0.39 is 0 Å². The zero-order valence-electron chi connectivity index (χ0n) is 11.7. The van der Waals surface area contributed by atoms with Crippen molar-refractivity contribution in [3.05, 3.63) is 47.5 Å². The topological polar surface area (TPSA) is 0 Å². The first kappa shape index (κ1) is 14.6. The van der Waals surface area contributed by atoms with Gasteiger partial charge in [0.1, 0.15) is 0 Å². The summed E-state index contributed by atoms with van der Waals surface area (Å²) < 4.78 is 0. The minimum atomic E-state index is 0.909. The van der Waals surface area contributed by atoms with Crippen molar-refractivity contribution in [1.29, 1.82) is 0 Å². The van der Waals surface area contributed by atoms with Crippen molar-refractivity contribution < 1.29 is 0 Å². The van der Waals surface area contributed by atoms with Crippen molar-refractivity contribution in [3.8, 4) is 11.8 Å². The quantitative estimate of drug-likeness (QED) is 0.366. The Bertz CT molecular complexity index is 397. The van der Waals surface area contributed by atoms with E-state index in [-0.39, 0.29) is 0 Å². The molecular formula is C18H24. The Balaban J connectivity index is 2.01. The van der Waals surface area contributed by atoms with Crippen LogP contribution in [0.5, 0.6) is 0 Å². The van der Waals surface area contributed by atoms with Crippen LogP contribution in [0.1, 0.15) is 51.5 Å². The Labute approximate surface area is 112 Å². The summed E-state index contributed by atoms with van der Waals surface area (Å²) in [7, 11) is 0. The molecule has 0 spiro atoms. The highest BCUT2D eigenvalue weighted by atomic mass is 14.0. The molecule has 0 heteroatoms. The molecule has 0 aliphatic carbocycles. The summed E-state index contributed by atoms with van der Waals surface area (Å²) in [4.78, 5) is 0. The second-order valence-corrected chi connectivity index (χ2v) is 4.89. The number of unbranched alkanes of at least 4 members (excludes halogenated alkanes) is 3. The summed E-state index contributed by atoms with van der Waals surface area (Å²) in [5.41, 5.74) is 2.80. The number of allylic oxidation sites excluding steroid dienone is 2. The number of hydrogen-bond donors (Lipinski definition) is 0. The molecule has 0 unspecified atom stereocenters. The molecule has 1 aromatic carbocycles. The smallest absolute Gasteiger partial charge is 0.0272 e. The van der Waals surface area contributed by atoms with Crippen LogP contribution in [-0.4, -0.2) is 0 Å². The van der Waals surface area contributed by atoms with E-state index in [0.29, 0.717) is 0 Å². The van der Waals surface area contributed by atoms with Gasteiger partial charge in [0.15, 0.2) is 0 Å². The molecular weight excluding hydrogens is 216 g/mol. The van der Waals surface area contributed by atoms with Crippen LogP contribution in [0, 0.1) is 11.8 Å². The molecule has 96 valence electrons. The van der Waals surface area contributed by atoms with Gasteiger partial charge in [-0.1, -0.05) is 54.3 Å². The van der Waals surface area contributed by atoms with E-state index in [1.165, 1.54) is 36.8 Å². The predicted octanol–water partition coefficient (Wildman–Crippen LogP) is 5.15. The fraction of sp³-hybridized carbons (Fsp3) is 0.444. The van der Waals surface area contributed by atoms with Crippen LogP contribution in [0.15, 0.2) is 42.0 Å². The van der Waals surface area contributed by atoms with Gasteiger partial charge in [0.05, 0.1) is 0 Å². The molecule has 18 heavy (non-hydrogen) atoms. The van der Waals surface area contributed by atoms with E-state index in [1.54, 1.807) is 0 Å². The van der Waals surface area contributed by atoms with Gasteiger partial charge in [-0.25, -0.2) is 0 Å². The average molecular weight is 240 g/mol. The Morgan fingerprint density at radius 2 is 1.78 bits per heavy atom. The van der Waals surface area contributed by atoms with Gasteiger partial charge in [-0.2, -0.15) is 0 Å². The third-order valence-electron chi connectivity index (χ3n) is 2.85. The van der Waals surface area contributed by atoms with Crippen LogP contribution in [0.4, 0.5) is 0 Å². The third-order valence-corrected chi connectivity index (χ3v) is 2.85. The van der Waals surface area contributed by atoms with Crippen LogP contribution in [-0.2, 0) is 6.42 Å². The summed E-state index contributed by atoms with van der Waals surface area (Å²) in [6.45, 7) is 4.23. The van der Waals surface area contributed by atoms with Gasteiger partial charge in [0.25, 0.3) is 0 Å². The van der Waals surface area contributed by atoms with Crippen molar-refractivity contribution in [3.63, 3.8) is 0 Å². The van der Waals surface area contributed by atoms with Gasteiger partial charge in [-0.3, -0.25) is 0 Å². The highest BCUT2D eigenvalue weighted by Crippen LogP contribution is 2.07. The maximum Gasteiger partial charge on any atom is 0.0272 e. The summed E-state index contributed by atoms with van der Waals surface area (Å²) in [5.74, 6) is 6.44. The minimum absolute atomic E-state index is 0.909. The first-order valence-corrected chi connectivity index (χ1v) is 6.92. The zero-order chi connectivity index (χ0) is 13.1. The molecule has 1 rings (SSSR count). The van der Waals surface area contributed by atoms with Gasteiger partial charge in [-0.15, -0.1) is 5.92 Å². The van der Waals surface area contributed by atoms with Crippen LogP contribution in [0.25, 0.3) is 0 Å². The average Bonchev–Trinajstić information content (AvgIpc) is 2.37. The molecule has 0 bridgehead atoms. The fourth-order valence-corrected chi connectivity index (χ4v) is 1.78. The molecule has 0 heterocycles. The largest absolute Gasteiger partial charge is 0.103 e. The Kier molecular flexibility index (Phi) is 7.73. The third kappa shape index (κ3) is 7.74. The molecule has 0 nitrogen and oxygen atoms in total. The first-order valence-electron chi connectivity index (χ1n) is 6.92. The lowest BCUT2D eigenvalue weighted by Gasteiger charge is -1.99. The predicted molar refractivity (Wildman–Crippen MR) is 80.4 cm³/mol. The SMILES string of the molecule is CC(C)=CCC#CCCCCCc1ccccc1. The number of benzene rings is 1. The Morgan fingerprint density at radius 1 is 1.00 bits per heavy atom. The second kappa shape index (κ2) is 9.54. The van der Waals surface area contributed by atoms with E-state index in [2.05, 4.69) is 62.1 Å². The minimum Gasteiger partial charge on any atom is -0.103 e. The van der Waals surface area contributed by atoms with E-state index in [9.17, 15) is 0 Å². The van der Waals surface area contributed by atoms with E-state index >= 15 is 0 Å². The lowest BCUT2D eigenvalue weighted by atomic mass is 10.1. The molecule has 0 aliphatic heterocycles. The van der Waals surface area contributed by atoms with Crippen molar-refractivity contribution in [2.45, 2.75) is 52.4 Å². The summed E-state index contributed by atoms with van der Waals surface area (Å²) in [5, 5.41) is 0. The van der Waals surface area contributed by atoms with Crippen LogP contribution >= 0.6 is 0 Å². The lowest BCUT2D eigenvalue weighted by Crippen LogP contribution is -1.84. The highest BCUT2D eigenvalue weighted by Gasteiger charge is 1.91. The van der Waals surface area contributed by atoms with Gasteiger partial charge >= 0.3 is 0 Å². The van der Waals surface area contributed by atoms with Crippen molar-refractivity contribution in [2.24, 2.45) is 0 Å². The van der Waals surface area contributed by atoms with Crippen LogP contribution in [0.3, 0.4) is 0 Å². The maximum atomic E-state index is 3.24. The number of hydrogen-bond acceptors (Lipinski definition) is 0. The summed E-state index contributed by atoms with van der Waals surface area (Å²) in [6, 6.07) is 10.7. The van der Waals surface area contributed by atoms with Gasteiger partial charge in [0.2, 0.25) is 0 Å². The maximum absolute atomic E-state index is 3.24. The zero-order valence-corrected chi connectivity index (χ0v) is 11.7. The molecule has 0 aromatic heterocycles. The van der Waals surface area contributed by atoms with Crippen LogP contribution in [0.2, 0.25) is 0 Å². The normalized spacial score (nSPS) is 9.44. The van der Waals surface area contributed by atoms with Crippen molar-refractivity contribution >= 4 is 0 Å². The van der Waals surface area contributed by atoms with E-state index in [4.69, 9.17) is 0 Å². The number of rotatable bonds is 6. The van der Waals surface area contributed by atoms with Gasteiger partial charge in [-0.05, 0) is 38.7 Å². The molecule has 0 saturated carbocycles. The van der Waals surface area contributed by atoms with Gasteiger partial charge in [0, 0.05) is 12.8 Å². The highest BCUT2D eigenvalue weighted by molar-refractivity contribution is 5.14. The summed E-state index contributed by atoms with van der Waals surface area (Å²) >= 11 is 0. The number of aryl methyl sites for hydroxylation is 1. The van der Waals surface area contributed by atoms with Crippen molar-refractivity contribution in [1.82, 2.24) is 0 Å². The van der Waals surface area contributed by atoms with Gasteiger partial charge < -0.3 is 0 Å². The second-order valence-electron chi connectivity index (χ2n) is 4.89. The Hall–Kier alpha value is -1.48. The molecule has 0 aliphatic rings. The van der Waals surface area contributed by atoms with E-state index in [1.807, 2.05) is 0 Å². The molecule has 0 saturated heterocycles. The standard InChI is InChI=1S/C18H24/c1-17(2)13-9-6-4-3-5-7-10-14-18-15-11-8-12-16-18/h8,11-13,15-16H,3,5,7,9-10,14H2,1-2H3. The summed E-state index contributed by atoms with van der Waals surface area (Å²) in [6.07, 6.45) is 9.13. The molecule has 0 amide bonds. The molecule has 0 N–H and O–H groups in total. The van der Waals surface area contributed by atoms with Crippen LogP contribution < -0.4 is 0 Å². The molecule has 0 fully saturated rings. The monoisotopic (exact) mass is 240 g/mol. The molecule has 1 aromatic rings. The Morgan fingerprint density at radius 3 is 2.50 bits per heavy atom. The molecule has 0 radical (unpaired) electrons. The lowest BCUT2D eigenvalue weighted by molar-refractivity contribution is 0.692.